The molecule has 0 heterocycles. The van der Waals surface area contributed by atoms with Crippen LogP contribution >= 0.6 is 0 Å². The van der Waals surface area contributed by atoms with Crippen molar-refractivity contribution < 1.29 is 0 Å². The molecule has 1 heteroatoms. The molecule has 0 amide bonds. The van der Waals surface area contributed by atoms with E-state index in [1.165, 1.54) is 5.57 Å². The summed E-state index contributed by atoms with van der Waals surface area (Å²) in [5, 5.41) is 0. The van der Waals surface area contributed by atoms with Crippen LogP contribution in [0.25, 0.3) is 0 Å². The van der Waals surface area contributed by atoms with E-state index in [9.17, 15) is 0 Å². The minimum Gasteiger partial charge on any atom is -0.405 e. The maximum absolute atomic E-state index is 5.35. The smallest absolute Gasteiger partial charge is 0.00372 e. The summed E-state index contributed by atoms with van der Waals surface area (Å²) in [5.74, 6) is 0.491. The van der Waals surface area contributed by atoms with Gasteiger partial charge < -0.3 is 5.73 Å². The summed E-state index contributed by atoms with van der Waals surface area (Å²) in [6, 6.07) is 0. The molecule has 0 aliphatic carbocycles. The van der Waals surface area contributed by atoms with Crippen molar-refractivity contribution in [1.29, 1.82) is 0 Å². The lowest BCUT2D eigenvalue weighted by Crippen LogP contribution is -1.94. The summed E-state index contributed by atoms with van der Waals surface area (Å²) in [6.07, 6.45) is 7.11. The van der Waals surface area contributed by atoms with E-state index in [4.69, 9.17) is 5.73 Å². The van der Waals surface area contributed by atoms with Crippen LogP contribution in [0.2, 0.25) is 0 Å². The van der Waals surface area contributed by atoms with Crippen LogP contribution in [-0.2, 0) is 0 Å². The monoisotopic (exact) mass is 139 g/mol. The SMILES string of the molecule is CC/C=C\C(C)/C(C)=C\N. The van der Waals surface area contributed by atoms with Gasteiger partial charge in [-0.1, -0.05) is 31.6 Å². The van der Waals surface area contributed by atoms with E-state index in [0.29, 0.717) is 5.92 Å². The molecule has 0 aromatic carbocycles. The first-order valence-electron chi connectivity index (χ1n) is 3.77. The van der Waals surface area contributed by atoms with Crippen LogP contribution in [0.4, 0.5) is 0 Å². The number of nitrogens with two attached hydrogens (primary N) is 1. The molecule has 1 atom stereocenters. The van der Waals surface area contributed by atoms with Gasteiger partial charge in [0.2, 0.25) is 0 Å². The van der Waals surface area contributed by atoms with Crippen LogP contribution in [-0.4, -0.2) is 0 Å². The molecule has 0 aromatic rings. The van der Waals surface area contributed by atoms with E-state index < -0.39 is 0 Å². The first kappa shape index (κ1) is 9.28. The Kier molecular flexibility index (Phi) is 4.73. The third kappa shape index (κ3) is 3.33. The van der Waals surface area contributed by atoms with Crippen molar-refractivity contribution in [3.8, 4) is 0 Å². The molecule has 0 aliphatic rings. The molecule has 0 aliphatic heterocycles. The molecule has 58 valence electrons. The Bertz CT molecular complexity index is 134. The largest absolute Gasteiger partial charge is 0.405 e. The van der Waals surface area contributed by atoms with Crippen LogP contribution in [0.5, 0.6) is 0 Å². The Morgan fingerprint density at radius 1 is 1.60 bits per heavy atom. The molecule has 0 bridgehead atoms. The third-order valence-corrected chi connectivity index (χ3v) is 1.64. The molecule has 0 radical (unpaired) electrons. The van der Waals surface area contributed by atoms with Gasteiger partial charge in [0.15, 0.2) is 0 Å². The second-order valence-electron chi connectivity index (χ2n) is 2.54. The maximum atomic E-state index is 5.35. The molecule has 0 saturated carbocycles. The summed E-state index contributed by atoms with van der Waals surface area (Å²) in [5.41, 5.74) is 6.58. The predicted molar refractivity (Wildman–Crippen MR) is 46.5 cm³/mol. The summed E-state index contributed by atoms with van der Waals surface area (Å²) in [7, 11) is 0. The van der Waals surface area contributed by atoms with Gasteiger partial charge in [0.25, 0.3) is 0 Å². The molecule has 10 heavy (non-hydrogen) atoms. The molecule has 0 spiro atoms. The second-order valence-corrected chi connectivity index (χ2v) is 2.54. The van der Waals surface area contributed by atoms with E-state index in [0.717, 1.165) is 6.42 Å². The first-order valence-corrected chi connectivity index (χ1v) is 3.77. The Morgan fingerprint density at radius 2 is 2.20 bits per heavy atom. The average molecular weight is 139 g/mol. The molecule has 0 rings (SSSR count). The third-order valence-electron chi connectivity index (χ3n) is 1.64. The topological polar surface area (TPSA) is 26.0 Å². The number of rotatable bonds is 3. The molecular formula is C9H17N. The van der Waals surface area contributed by atoms with Gasteiger partial charge in [-0.3, -0.25) is 0 Å². The fraction of sp³-hybridized carbons (Fsp3) is 0.556. The van der Waals surface area contributed by atoms with Crippen LogP contribution in [0.3, 0.4) is 0 Å². The number of hydrogen-bond acceptors (Lipinski definition) is 1. The zero-order valence-electron chi connectivity index (χ0n) is 7.09. The highest BCUT2D eigenvalue weighted by atomic mass is 14.5. The first-order chi connectivity index (χ1) is 4.72. The standard InChI is InChI=1S/C9H17N/c1-4-5-6-8(2)9(3)7-10/h5-8H,4,10H2,1-3H3/b6-5-,9-7-. The van der Waals surface area contributed by atoms with Crippen LogP contribution in [0.15, 0.2) is 23.9 Å². The normalized spacial score (nSPS) is 16.1. The Morgan fingerprint density at radius 3 is 2.60 bits per heavy atom. The zero-order chi connectivity index (χ0) is 7.98. The quantitative estimate of drug-likeness (QED) is 0.597. The molecule has 0 aromatic heterocycles. The Hall–Kier alpha value is -0.720. The van der Waals surface area contributed by atoms with Crippen molar-refractivity contribution in [2.75, 3.05) is 0 Å². The predicted octanol–water partition coefficient (Wildman–Crippen LogP) is 2.45. The van der Waals surface area contributed by atoms with Crippen molar-refractivity contribution in [3.63, 3.8) is 0 Å². The van der Waals surface area contributed by atoms with Gasteiger partial charge in [-0.05, 0) is 25.5 Å². The zero-order valence-corrected chi connectivity index (χ0v) is 7.09. The van der Waals surface area contributed by atoms with Gasteiger partial charge in [-0.25, -0.2) is 0 Å². The van der Waals surface area contributed by atoms with Gasteiger partial charge >= 0.3 is 0 Å². The molecule has 2 N–H and O–H groups in total. The molecule has 0 saturated heterocycles. The van der Waals surface area contributed by atoms with E-state index in [-0.39, 0.29) is 0 Å². The van der Waals surface area contributed by atoms with Gasteiger partial charge in [0, 0.05) is 0 Å². The Balaban J connectivity index is 3.84. The second kappa shape index (κ2) is 5.10. The van der Waals surface area contributed by atoms with Crippen molar-refractivity contribution >= 4 is 0 Å². The molecule has 0 fully saturated rings. The van der Waals surface area contributed by atoms with Crippen LogP contribution in [0.1, 0.15) is 27.2 Å². The summed E-state index contributed by atoms with van der Waals surface area (Å²) in [6.45, 7) is 6.32. The number of hydrogen-bond donors (Lipinski definition) is 1. The highest BCUT2D eigenvalue weighted by molar-refractivity contribution is 5.07. The minimum absolute atomic E-state index is 0.491. The summed E-state index contributed by atoms with van der Waals surface area (Å²) >= 11 is 0. The molecule has 1 nitrogen and oxygen atoms in total. The Labute approximate surface area is 63.6 Å². The van der Waals surface area contributed by atoms with E-state index in [1.54, 1.807) is 6.20 Å². The average Bonchev–Trinajstić information content (AvgIpc) is 1.98. The fourth-order valence-electron chi connectivity index (χ4n) is 0.644. The van der Waals surface area contributed by atoms with Crippen molar-refractivity contribution in [2.45, 2.75) is 27.2 Å². The van der Waals surface area contributed by atoms with E-state index in [1.807, 2.05) is 6.92 Å². The molecule has 1 unspecified atom stereocenters. The van der Waals surface area contributed by atoms with Crippen LogP contribution in [0, 0.1) is 5.92 Å². The highest BCUT2D eigenvalue weighted by Gasteiger charge is 1.95. The lowest BCUT2D eigenvalue weighted by Gasteiger charge is -2.03. The van der Waals surface area contributed by atoms with Gasteiger partial charge in [-0.15, -0.1) is 0 Å². The van der Waals surface area contributed by atoms with Crippen LogP contribution < -0.4 is 5.73 Å². The van der Waals surface area contributed by atoms with E-state index in [2.05, 4.69) is 26.0 Å². The summed E-state index contributed by atoms with van der Waals surface area (Å²) in [4.78, 5) is 0. The molecular weight excluding hydrogens is 122 g/mol. The summed E-state index contributed by atoms with van der Waals surface area (Å²) < 4.78 is 0. The van der Waals surface area contributed by atoms with Gasteiger partial charge in [0.1, 0.15) is 0 Å². The lowest BCUT2D eigenvalue weighted by molar-refractivity contribution is 0.852. The lowest BCUT2D eigenvalue weighted by atomic mass is 10.0. The van der Waals surface area contributed by atoms with Crippen molar-refractivity contribution in [3.05, 3.63) is 23.9 Å². The highest BCUT2D eigenvalue weighted by Crippen LogP contribution is 2.09. The van der Waals surface area contributed by atoms with Gasteiger partial charge in [0.05, 0.1) is 0 Å². The van der Waals surface area contributed by atoms with Crippen molar-refractivity contribution in [2.24, 2.45) is 11.7 Å². The van der Waals surface area contributed by atoms with E-state index >= 15 is 0 Å². The maximum Gasteiger partial charge on any atom is -0.00372 e. The minimum atomic E-state index is 0.491. The van der Waals surface area contributed by atoms with Crippen molar-refractivity contribution in [1.82, 2.24) is 0 Å². The van der Waals surface area contributed by atoms with Gasteiger partial charge in [-0.2, -0.15) is 0 Å². The number of allylic oxidation sites excluding steroid dienone is 3. The fourth-order valence-corrected chi connectivity index (χ4v) is 0.644.